The number of benzene rings is 2. The lowest BCUT2D eigenvalue weighted by atomic mass is 10.1. The standard InChI is InChI=1S/C14H13N3O2/c1-15-13(18)14(19)17-16-9-11-7-4-6-10-5-2-3-8-12(10)11/h2-9H,1H3,(H,15,18)(H,17,19)/b16-9-. The highest BCUT2D eigenvalue weighted by Crippen LogP contribution is 2.16. The van der Waals surface area contributed by atoms with E-state index in [1.165, 1.54) is 13.3 Å². The summed E-state index contributed by atoms with van der Waals surface area (Å²) in [6, 6.07) is 13.6. The van der Waals surface area contributed by atoms with Gasteiger partial charge in [0, 0.05) is 12.6 Å². The Bertz CT molecular complexity index is 645. The van der Waals surface area contributed by atoms with Crippen molar-refractivity contribution in [2.45, 2.75) is 0 Å². The maximum atomic E-state index is 11.2. The van der Waals surface area contributed by atoms with Gasteiger partial charge in [-0.25, -0.2) is 5.43 Å². The molecule has 5 nitrogen and oxygen atoms in total. The van der Waals surface area contributed by atoms with Crippen LogP contribution in [0.1, 0.15) is 5.56 Å². The van der Waals surface area contributed by atoms with Gasteiger partial charge in [0.1, 0.15) is 0 Å². The van der Waals surface area contributed by atoms with Gasteiger partial charge in [-0.15, -0.1) is 0 Å². The predicted molar refractivity (Wildman–Crippen MR) is 73.8 cm³/mol. The first-order chi connectivity index (χ1) is 9.22. The molecule has 2 aromatic rings. The molecule has 0 radical (unpaired) electrons. The Morgan fingerprint density at radius 1 is 1.05 bits per heavy atom. The van der Waals surface area contributed by atoms with Crippen molar-refractivity contribution in [3.8, 4) is 0 Å². The third kappa shape index (κ3) is 2.95. The van der Waals surface area contributed by atoms with Crippen LogP contribution in [-0.2, 0) is 9.59 Å². The van der Waals surface area contributed by atoms with Crippen LogP contribution in [-0.4, -0.2) is 25.1 Å². The van der Waals surface area contributed by atoms with Crippen LogP contribution in [0.3, 0.4) is 0 Å². The molecule has 0 spiro atoms. The second kappa shape index (κ2) is 5.77. The van der Waals surface area contributed by atoms with Crippen molar-refractivity contribution in [3.05, 3.63) is 48.0 Å². The maximum absolute atomic E-state index is 11.2. The minimum atomic E-state index is -0.793. The van der Waals surface area contributed by atoms with Crippen molar-refractivity contribution < 1.29 is 9.59 Å². The number of carbonyl (C=O) groups excluding carboxylic acids is 2. The highest BCUT2D eigenvalue weighted by molar-refractivity contribution is 6.35. The largest absolute Gasteiger partial charge is 0.351 e. The summed E-state index contributed by atoms with van der Waals surface area (Å²) in [6.45, 7) is 0. The van der Waals surface area contributed by atoms with Gasteiger partial charge in [-0.2, -0.15) is 5.10 Å². The number of hydrogen-bond acceptors (Lipinski definition) is 3. The van der Waals surface area contributed by atoms with Gasteiger partial charge < -0.3 is 5.32 Å². The molecule has 0 saturated carbocycles. The minimum absolute atomic E-state index is 0.727. The zero-order valence-electron chi connectivity index (χ0n) is 10.4. The normalized spacial score (nSPS) is 10.6. The number of rotatable bonds is 2. The number of hydrogen-bond donors (Lipinski definition) is 2. The molecule has 19 heavy (non-hydrogen) atoms. The second-order valence-corrected chi connectivity index (χ2v) is 3.85. The van der Waals surface area contributed by atoms with Gasteiger partial charge in [0.2, 0.25) is 0 Å². The van der Waals surface area contributed by atoms with E-state index in [2.05, 4.69) is 15.8 Å². The molecule has 2 amide bonds. The molecular weight excluding hydrogens is 242 g/mol. The van der Waals surface area contributed by atoms with Crippen LogP contribution in [0.2, 0.25) is 0 Å². The maximum Gasteiger partial charge on any atom is 0.329 e. The van der Waals surface area contributed by atoms with Crippen LogP contribution >= 0.6 is 0 Å². The fourth-order valence-corrected chi connectivity index (χ4v) is 1.69. The summed E-state index contributed by atoms with van der Waals surface area (Å²) >= 11 is 0. The van der Waals surface area contributed by atoms with Crippen molar-refractivity contribution in [3.63, 3.8) is 0 Å². The highest BCUT2D eigenvalue weighted by Gasteiger charge is 2.08. The third-order valence-corrected chi connectivity index (χ3v) is 2.63. The molecule has 0 aliphatic rings. The van der Waals surface area contributed by atoms with E-state index in [4.69, 9.17) is 0 Å². The van der Waals surface area contributed by atoms with Crippen molar-refractivity contribution in [1.29, 1.82) is 0 Å². The lowest BCUT2D eigenvalue weighted by Gasteiger charge is -2.01. The van der Waals surface area contributed by atoms with E-state index >= 15 is 0 Å². The van der Waals surface area contributed by atoms with Crippen molar-refractivity contribution >= 4 is 28.8 Å². The van der Waals surface area contributed by atoms with E-state index in [0.717, 1.165) is 16.3 Å². The van der Waals surface area contributed by atoms with Crippen LogP contribution in [0.5, 0.6) is 0 Å². The minimum Gasteiger partial charge on any atom is -0.351 e. The topological polar surface area (TPSA) is 70.6 Å². The summed E-state index contributed by atoms with van der Waals surface area (Å²) in [7, 11) is 1.39. The van der Waals surface area contributed by atoms with Gasteiger partial charge in [0.25, 0.3) is 0 Å². The number of hydrazone groups is 1. The van der Waals surface area contributed by atoms with Gasteiger partial charge in [-0.3, -0.25) is 9.59 Å². The Hall–Kier alpha value is -2.69. The summed E-state index contributed by atoms with van der Waals surface area (Å²) in [5.41, 5.74) is 3.04. The Morgan fingerprint density at radius 3 is 2.58 bits per heavy atom. The lowest BCUT2D eigenvalue weighted by molar-refractivity contribution is -0.138. The van der Waals surface area contributed by atoms with E-state index in [0.29, 0.717) is 0 Å². The number of carbonyl (C=O) groups is 2. The first-order valence-electron chi connectivity index (χ1n) is 5.75. The molecule has 0 aliphatic heterocycles. The van der Waals surface area contributed by atoms with Gasteiger partial charge in [-0.05, 0) is 10.8 Å². The summed E-state index contributed by atoms with van der Waals surface area (Å²) in [4.78, 5) is 22.2. The first-order valence-corrected chi connectivity index (χ1v) is 5.75. The highest BCUT2D eigenvalue weighted by atomic mass is 16.2. The Labute approximate surface area is 110 Å². The van der Waals surface area contributed by atoms with E-state index < -0.39 is 11.8 Å². The predicted octanol–water partition coefficient (Wildman–Crippen LogP) is 1.04. The van der Waals surface area contributed by atoms with E-state index in [-0.39, 0.29) is 0 Å². The Kier molecular flexibility index (Phi) is 3.87. The molecule has 0 heterocycles. The molecule has 2 rings (SSSR count). The second-order valence-electron chi connectivity index (χ2n) is 3.85. The summed E-state index contributed by atoms with van der Waals surface area (Å²) in [5.74, 6) is -1.52. The van der Waals surface area contributed by atoms with Gasteiger partial charge >= 0.3 is 11.8 Å². The molecule has 0 unspecified atom stereocenters. The molecule has 0 aromatic heterocycles. The first kappa shape index (κ1) is 12.8. The monoisotopic (exact) mass is 255 g/mol. The molecule has 0 aliphatic carbocycles. The van der Waals surface area contributed by atoms with Gasteiger partial charge in [0.05, 0.1) is 6.21 Å². The molecule has 0 atom stereocenters. The van der Waals surface area contributed by atoms with Crippen molar-refractivity contribution in [2.24, 2.45) is 5.10 Å². The van der Waals surface area contributed by atoms with Crippen LogP contribution in [0, 0.1) is 0 Å². The Morgan fingerprint density at radius 2 is 1.79 bits per heavy atom. The van der Waals surface area contributed by atoms with E-state index in [9.17, 15) is 9.59 Å². The number of nitrogens with one attached hydrogen (secondary N) is 2. The smallest absolute Gasteiger partial charge is 0.329 e. The molecule has 2 aromatic carbocycles. The van der Waals surface area contributed by atoms with Crippen LogP contribution in [0.15, 0.2) is 47.6 Å². The van der Waals surface area contributed by atoms with E-state index in [1.54, 1.807) is 0 Å². The molecule has 0 fully saturated rings. The Balaban J connectivity index is 2.18. The molecule has 0 saturated heterocycles. The van der Waals surface area contributed by atoms with Gasteiger partial charge in [-0.1, -0.05) is 42.5 Å². The molecule has 2 N–H and O–H groups in total. The number of likely N-dealkylation sites (N-methyl/N-ethyl adjacent to an activating group) is 1. The fraction of sp³-hybridized carbons (Fsp3) is 0.0714. The lowest BCUT2D eigenvalue weighted by Crippen LogP contribution is -2.35. The van der Waals surface area contributed by atoms with Crippen LogP contribution in [0.25, 0.3) is 10.8 Å². The summed E-state index contributed by atoms with van der Waals surface area (Å²) in [5, 5.41) is 8.11. The van der Waals surface area contributed by atoms with Crippen molar-refractivity contribution in [2.75, 3.05) is 7.05 Å². The molecule has 96 valence electrons. The summed E-state index contributed by atoms with van der Waals surface area (Å²) < 4.78 is 0. The molecule has 5 heteroatoms. The van der Waals surface area contributed by atoms with Crippen LogP contribution < -0.4 is 10.7 Å². The van der Waals surface area contributed by atoms with Crippen LogP contribution in [0.4, 0.5) is 0 Å². The molecular formula is C14H13N3O2. The van der Waals surface area contributed by atoms with Crippen molar-refractivity contribution in [1.82, 2.24) is 10.7 Å². The quantitative estimate of drug-likeness (QED) is 0.478. The number of amides is 2. The number of nitrogens with zero attached hydrogens (tertiary/aromatic N) is 1. The summed E-state index contributed by atoms with van der Waals surface area (Å²) in [6.07, 6.45) is 1.52. The fourth-order valence-electron chi connectivity index (χ4n) is 1.69. The van der Waals surface area contributed by atoms with E-state index in [1.807, 2.05) is 42.5 Å². The average Bonchev–Trinajstić information content (AvgIpc) is 2.46. The average molecular weight is 255 g/mol. The SMILES string of the molecule is CNC(=O)C(=O)N/N=C\c1cccc2ccccc12. The molecule has 0 bridgehead atoms. The zero-order chi connectivity index (χ0) is 13.7. The third-order valence-electron chi connectivity index (χ3n) is 2.63. The van der Waals surface area contributed by atoms with Gasteiger partial charge in [0.15, 0.2) is 0 Å². The zero-order valence-corrected chi connectivity index (χ0v) is 10.4. The number of fused-ring (bicyclic) bond motifs is 1.